The number of carbonyl (C=O) groups excluding carboxylic acids is 1. The predicted octanol–water partition coefficient (Wildman–Crippen LogP) is 0.619. The topological polar surface area (TPSA) is 128 Å². The van der Waals surface area contributed by atoms with Crippen molar-refractivity contribution in [3.05, 3.63) is 29.8 Å². The van der Waals surface area contributed by atoms with Gasteiger partial charge in [-0.25, -0.2) is 9.59 Å². The molecule has 9 nitrogen and oxygen atoms in total. The Kier molecular flexibility index (Phi) is 8.21. The maximum atomic E-state index is 12.5. The SMILES string of the molecule is O=C(C1CCN(Cc2ccccc2O)CC1)N1CCOCC1.O=C(O)C(=O)O. The first-order chi connectivity index (χ1) is 13.4. The summed E-state index contributed by atoms with van der Waals surface area (Å²) in [5.74, 6) is -2.84. The summed E-state index contributed by atoms with van der Waals surface area (Å²) in [5.41, 5.74) is 0.959. The number of piperidine rings is 1. The van der Waals surface area contributed by atoms with Crippen LogP contribution in [0.5, 0.6) is 5.75 Å². The van der Waals surface area contributed by atoms with Crippen molar-refractivity contribution < 1.29 is 34.4 Å². The minimum atomic E-state index is -1.82. The molecule has 2 saturated heterocycles. The van der Waals surface area contributed by atoms with Crippen LogP contribution in [-0.4, -0.2) is 82.4 Å². The van der Waals surface area contributed by atoms with Gasteiger partial charge in [0.15, 0.2) is 0 Å². The number of rotatable bonds is 3. The largest absolute Gasteiger partial charge is 0.508 e. The highest BCUT2D eigenvalue weighted by Gasteiger charge is 2.29. The Bertz CT molecular complexity index is 669. The second-order valence-corrected chi connectivity index (χ2v) is 6.73. The Labute approximate surface area is 163 Å². The predicted molar refractivity (Wildman–Crippen MR) is 98.8 cm³/mol. The zero-order valence-electron chi connectivity index (χ0n) is 15.6. The van der Waals surface area contributed by atoms with Gasteiger partial charge in [-0.05, 0) is 32.0 Å². The van der Waals surface area contributed by atoms with Gasteiger partial charge in [-0.1, -0.05) is 18.2 Å². The monoisotopic (exact) mass is 394 g/mol. The highest BCUT2D eigenvalue weighted by atomic mass is 16.5. The molecular weight excluding hydrogens is 368 g/mol. The molecule has 0 aliphatic carbocycles. The molecule has 3 N–H and O–H groups in total. The van der Waals surface area contributed by atoms with Crippen LogP contribution < -0.4 is 0 Å². The number of hydrogen-bond donors (Lipinski definition) is 3. The van der Waals surface area contributed by atoms with Crippen molar-refractivity contribution in [2.45, 2.75) is 19.4 Å². The lowest BCUT2D eigenvalue weighted by atomic mass is 9.94. The molecule has 0 saturated carbocycles. The van der Waals surface area contributed by atoms with Crippen LogP contribution in [0.15, 0.2) is 24.3 Å². The van der Waals surface area contributed by atoms with Crippen LogP contribution in [0, 0.1) is 5.92 Å². The Morgan fingerprint density at radius 1 is 0.964 bits per heavy atom. The van der Waals surface area contributed by atoms with Crippen LogP contribution in [0.1, 0.15) is 18.4 Å². The smallest absolute Gasteiger partial charge is 0.414 e. The molecular formula is C19H26N2O7. The van der Waals surface area contributed by atoms with Gasteiger partial charge in [0.05, 0.1) is 13.2 Å². The molecule has 0 spiro atoms. The number of phenols is 1. The molecule has 2 aliphatic rings. The van der Waals surface area contributed by atoms with Gasteiger partial charge in [0.2, 0.25) is 5.91 Å². The average molecular weight is 394 g/mol. The lowest BCUT2D eigenvalue weighted by Crippen LogP contribution is -2.46. The first-order valence-corrected chi connectivity index (χ1v) is 9.20. The third-order valence-corrected chi connectivity index (χ3v) is 4.83. The molecule has 3 rings (SSSR count). The molecule has 2 fully saturated rings. The molecule has 0 bridgehead atoms. The molecule has 0 atom stereocenters. The van der Waals surface area contributed by atoms with Crippen molar-refractivity contribution in [3.8, 4) is 5.75 Å². The summed E-state index contributed by atoms with van der Waals surface area (Å²) in [5, 5.41) is 24.6. The van der Waals surface area contributed by atoms with E-state index < -0.39 is 11.9 Å². The van der Waals surface area contributed by atoms with E-state index in [0.29, 0.717) is 24.9 Å². The number of aliphatic carboxylic acids is 2. The first kappa shape index (κ1) is 21.6. The number of phenolic OH excluding ortho intramolecular Hbond substituents is 1. The van der Waals surface area contributed by atoms with E-state index >= 15 is 0 Å². The van der Waals surface area contributed by atoms with E-state index in [2.05, 4.69) is 4.90 Å². The van der Waals surface area contributed by atoms with Gasteiger partial charge in [0.1, 0.15) is 5.75 Å². The summed E-state index contributed by atoms with van der Waals surface area (Å²) in [7, 11) is 0. The van der Waals surface area contributed by atoms with Crippen LogP contribution >= 0.6 is 0 Å². The van der Waals surface area contributed by atoms with Crippen molar-refractivity contribution in [2.24, 2.45) is 5.92 Å². The number of aromatic hydroxyl groups is 1. The molecule has 0 aromatic heterocycles. The quantitative estimate of drug-likeness (QED) is 0.637. The number of ether oxygens (including phenoxy) is 1. The zero-order valence-corrected chi connectivity index (χ0v) is 15.6. The normalized spacial score (nSPS) is 18.1. The summed E-state index contributed by atoms with van der Waals surface area (Å²) in [6.45, 7) is 5.37. The van der Waals surface area contributed by atoms with E-state index in [1.807, 2.05) is 23.1 Å². The summed E-state index contributed by atoms with van der Waals surface area (Å²) >= 11 is 0. The number of para-hydroxylation sites is 1. The molecule has 0 radical (unpaired) electrons. The van der Waals surface area contributed by atoms with Crippen molar-refractivity contribution in [3.63, 3.8) is 0 Å². The second kappa shape index (κ2) is 10.6. The number of likely N-dealkylation sites (tertiary alicyclic amines) is 1. The number of benzene rings is 1. The number of carbonyl (C=O) groups is 3. The van der Waals surface area contributed by atoms with Crippen molar-refractivity contribution in [1.82, 2.24) is 9.80 Å². The fraction of sp³-hybridized carbons (Fsp3) is 0.526. The first-order valence-electron chi connectivity index (χ1n) is 9.20. The number of hydrogen-bond acceptors (Lipinski definition) is 6. The molecule has 1 aromatic rings. The molecule has 1 aromatic carbocycles. The Morgan fingerprint density at radius 3 is 2.07 bits per heavy atom. The summed E-state index contributed by atoms with van der Waals surface area (Å²) < 4.78 is 5.31. The average Bonchev–Trinajstić information content (AvgIpc) is 2.71. The lowest BCUT2D eigenvalue weighted by Gasteiger charge is -2.35. The van der Waals surface area contributed by atoms with Crippen molar-refractivity contribution in [1.29, 1.82) is 0 Å². The number of amides is 1. The zero-order chi connectivity index (χ0) is 20.5. The van der Waals surface area contributed by atoms with E-state index in [9.17, 15) is 9.90 Å². The van der Waals surface area contributed by atoms with Crippen LogP contribution in [0.3, 0.4) is 0 Å². The number of morpholine rings is 1. The highest BCUT2D eigenvalue weighted by Crippen LogP contribution is 2.24. The molecule has 2 heterocycles. The third-order valence-electron chi connectivity index (χ3n) is 4.83. The fourth-order valence-electron chi connectivity index (χ4n) is 3.27. The minimum absolute atomic E-state index is 0.152. The van der Waals surface area contributed by atoms with Crippen LogP contribution in [-0.2, 0) is 25.7 Å². The van der Waals surface area contributed by atoms with E-state index in [-0.39, 0.29) is 5.92 Å². The highest BCUT2D eigenvalue weighted by molar-refractivity contribution is 6.27. The molecule has 9 heteroatoms. The summed E-state index contributed by atoms with van der Waals surface area (Å²) in [4.78, 5) is 35.0. The fourth-order valence-corrected chi connectivity index (χ4v) is 3.27. The minimum Gasteiger partial charge on any atom is -0.508 e. The summed E-state index contributed by atoms with van der Waals surface area (Å²) in [6, 6.07) is 7.47. The van der Waals surface area contributed by atoms with E-state index in [1.54, 1.807) is 6.07 Å². The van der Waals surface area contributed by atoms with E-state index in [4.69, 9.17) is 24.5 Å². The molecule has 0 unspecified atom stereocenters. The van der Waals surface area contributed by atoms with Crippen LogP contribution in [0.4, 0.5) is 0 Å². The van der Waals surface area contributed by atoms with Crippen LogP contribution in [0.2, 0.25) is 0 Å². The van der Waals surface area contributed by atoms with E-state index in [1.165, 1.54) is 0 Å². The lowest BCUT2D eigenvalue weighted by molar-refractivity contribution is -0.159. The molecule has 154 valence electrons. The molecule has 28 heavy (non-hydrogen) atoms. The second-order valence-electron chi connectivity index (χ2n) is 6.73. The number of carboxylic acid groups (broad SMARTS) is 2. The van der Waals surface area contributed by atoms with Crippen molar-refractivity contribution >= 4 is 17.8 Å². The van der Waals surface area contributed by atoms with Gasteiger partial charge < -0.3 is 25.0 Å². The standard InChI is InChI=1S/C17H24N2O3.C2H2O4/c20-16-4-2-1-3-15(16)13-18-7-5-14(6-8-18)17(21)19-9-11-22-12-10-19;3-1(4)2(5)6/h1-4,14,20H,5-13H2;(H,3,4)(H,5,6). The third kappa shape index (κ3) is 6.50. The van der Waals surface area contributed by atoms with Gasteiger partial charge in [0, 0.05) is 31.1 Å². The Balaban J connectivity index is 0.000000409. The van der Waals surface area contributed by atoms with Gasteiger partial charge >= 0.3 is 11.9 Å². The maximum absolute atomic E-state index is 12.5. The molecule has 2 aliphatic heterocycles. The number of nitrogens with zero attached hydrogens (tertiary/aromatic N) is 2. The molecule has 1 amide bonds. The summed E-state index contributed by atoms with van der Waals surface area (Å²) in [6.07, 6.45) is 1.81. The Morgan fingerprint density at radius 2 is 1.54 bits per heavy atom. The van der Waals surface area contributed by atoms with E-state index in [0.717, 1.165) is 51.1 Å². The van der Waals surface area contributed by atoms with Gasteiger partial charge in [-0.2, -0.15) is 0 Å². The van der Waals surface area contributed by atoms with Gasteiger partial charge in [-0.3, -0.25) is 9.69 Å². The van der Waals surface area contributed by atoms with Gasteiger partial charge in [-0.15, -0.1) is 0 Å². The maximum Gasteiger partial charge on any atom is 0.414 e. The van der Waals surface area contributed by atoms with Crippen molar-refractivity contribution in [2.75, 3.05) is 39.4 Å². The van der Waals surface area contributed by atoms with Gasteiger partial charge in [0.25, 0.3) is 0 Å². The number of carboxylic acids is 2. The van der Waals surface area contributed by atoms with Crippen LogP contribution in [0.25, 0.3) is 0 Å². The Hall–Kier alpha value is -2.65.